The van der Waals surface area contributed by atoms with Crippen molar-refractivity contribution in [2.45, 2.75) is 58.3 Å². The molecule has 2 amide bonds. The molecular weight excluding hydrogens is 380 g/mol. The number of rotatable bonds is 4. The Labute approximate surface area is 177 Å². The highest BCUT2D eigenvalue weighted by Gasteiger charge is 2.34. The maximum Gasteiger partial charge on any atom is 0.408 e. The molecular formula is C23H28N4O3. The number of carbonyl (C=O) groups is 2. The van der Waals surface area contributed by atoms with Gasteiger partial charge in [0.05, 0.1) is 6.04 Å². The van der Waals surface area contributed by atoms with Gasteiger partial charge in [0.25, 0.3) is 0 Å². The van der Waals surface area contributed by atoms with Gasteiger partial charge < -0.3 is 19.5 Å². The maximum absolute atomic E-state index is 13.5. The molecule has 2 atom stereocenters. The van der Waals surface area contributed by atoms with Crippen LogP contribution in [-0.2, 0) is 22.5 Å². The van der Waals surface area contributed by atoms with Crippen LogP contribution in [0.1, 0.15) is 50.7 Å². The van der Waals surface area contributed by atoms with Crippen molar-refractivity contribution in [3.63, 3.8) is 0 Å². The zero-order valence-corrected chi connectivity index (χ0v) is 17.9. The van der Waals surface area contributed by atoms with Crippen molar-refractivity contribution in [2.24, 2.45) is 0 Å². The van der Waals surface area contributed by atoms with Crippen LogP contribution < -0.4 is 5.32 Å². The molecule has 0 fully saturated rings. The van der Waals surface area contributed by atoms with Crippen molar-refractivity contribution >= 4 is 12.0 Å². The number of amides is 2. The third-order valence-electron chi connectivity index (χ3n) is 5.14. The molecule has 7 nitrogen and oxygen atoms in total. The zero-order valence-electron chi connectivity index (χ0n) is 17.9. The smallest absolute Gasteiger partial charge is 0.408 e. The van der Waals surface area contributed by atoms with E-state index >= 15 is 0 Å². The SMILES string of the molecule is CC1c2ccc(C#N)n2CCN1C(=O)C(Cc1ccccc1)NC(=O)OC(C)(C)C. The van der Waals surface area contributed by atoms with Gasteiger partial charge in [0.2, 0.25) is 5.91 Å². The van der Waals surface area contributed by atoms with E-state index in [4.69, 9.17) is 4.74 Å². The molecule has 158 valence electrons. The summed E-state index contributed by atoms with van der Waals surface area (Å²) in [6.07, 6.45) is -0.247. The lowest BCUT2D eigenvalue weighted by Crippen LogP contribution is -2.53. The van der Waals surface area contributed by atoms with Gasteiger partial charge in [-0.3, -0.25) is 4.79 Å². The molecule has 7 heteroatoms. The minimum atomic E-state index is -0.748. The van der Waals surface area contributed by atoms with Gasteiger partial charge in [0.1, 0.15) is 23.4 Å². The summed E-state index contributed by atoms with van der Waals surface area (Å²) in [6.45, 7) is 8.32. The third-order valence-corrected chi connectivity index (χ3v) is 5.14. The first-order valence-electron chi connectivity index (χ1n) is 10.1. The summed E-state index contributed by atoms with van der Waals surface area (Å²) in [5.41, 5.74) is 1.81. The average Bonchev–Trinajstić information content (AvgIpc) is 3.11. The number of hydrogen-bond acceptors (Lipinski definition) is 4. The van der Waals surface area contributed by atoms with Crippen LogP contribution in [-0.4, -0.2) is 39.7 Å². The van der Waals surface area contributed by atoms with E-state index in [9.17, 15) is 14.9 Å². The maximum atomic E-state index is 13.5. The summed E-state index contributed by atoms with van der Waals surface area (Å²) >= 11 is 0. The van der Waals surface area contributed by atoms with E-state index in [1.54, 1.807) is 31.7 Å². The Kier molecular flexibility index (Phi) is 6.16. The predicted molar refractivity (Wildman–Crippen MR) is 113 cm³/mol. The van der Waals surface area contributed by atoms with Crippen molar-refractivity contribution in [2.75, 3.05) is 6.54 Å². The van der Waals surface area contributed by atoms with E-state index in [0.717, 1.165) is 11.3 Å². The Bertz CT molecular complexity index is 953. The summed E-state index contributed by atoms with van der Waals surface area (Å²) in [5.74, 6) is -0.164. The van der Waals surface area contributed by atoms with Crippen LogP contribution in [0.5, 0.6) is 0 Å². The van der Waals surface area contributed by atoms with Gasteiger partial charge in [-0.2, -0.15) is 5.26 Å². The predicted octanol–water partition coefficient (Wildman–Crippen LogP) is 3.40. The third kappa shape index (κ3) is 4.82. The van der Waals surface area contributed by atoms with Gasteiger partial charge in [-0.25, -0.2) is 4.79 Å². The lowest BCUT2D eigenvalue weighted by atomic mass is 10.0. The first-order chi connectivity index (χ1) is 14.2. The van der Waals surface area contributed by atoms with Gasteiger partial charge in [0.15, 0.2) is 0 Å². The topological polar surface area (TPSA) is 87.4 Å². The van der Waals surface area contributed by atoms with E-state index < -0.39 is 17.7 Å². The lowest BCUT2D eigenvalue weighted by molar-refractivity contribution is -0.136. The van der Waals surface area contributed by atoms with Gasteiger partial charge in [-0.1, -0.05) is 30.3 Å². The van der Waals surface area contributed by atoms with E-state index in [1.165, 1.54) is 0 Å². The molecule has 1 aliphatic heterocycles. The molecule has 1 N–H and O–H groups in total. The number of aromatic nitrogens is 1. The number of ether oxygens (including phenoxy) is 1. The van der Waals surface area contributed by atoms with E-state index in [0.29, 0.717) is 25.2 Å². The molecule has 2 heterocycles. The summed E-state index contributed by atoms with van der Waals surface area (Å²) in [7, 11) is 0. The van der Waals surface area contributed by atoms with Crippen LogP contribution in [0.15, 0.2) is 42.5 Å². The molecule has 30 heavy (non-hydrogen) atoms. The fourth-order valence-electron chi connectivity index (χ4n) is 3.76. The van der Waals surface area contributed by atoms with Crippen molar-refractivity contribution in [3.05, 3.63) is 59.4 Å². The first kappa shape index (κ1) is 21.4. The molecule has 0 aliphatic carbocycles. The number of fused-ring (bicyclic) bond motifs is 1. The number of alkyl carbamates (subject to hydrolysis) is 1. The summed E-state index contributed by atoms with van der Waals surface area (Å²) < 4.78 is 7.33. The number of hydrogen-bond donors (Lipinski definition) is 1. The monoisotopic (exact) mass is 408 g/mol. The van der Waals surface area contributed by atoms with Gasteiger partial charge >= 0.3 is 6.09 Å². The minimum absolute atomic E-state index is 0.164. The fraction of sp³-hybridized carbons (Fsp3) is 0.435. The van der Waals surface area contributed by atoms with Crippen molar-refractivity contribution in [1.29, 1.82) is 5.26 Å². The second-order valence-corrected chi connectivity index (χ2v) is 8.50. The van der Waals surface area contributed by atoms with Crippen LogP contribution in [0.25, 0.3) is 0 Å². The highest BCUT2D eigenvalue weighted by molar-refractivity contribution is 5.86. The Balaban J connectivity index is 1.82. The zero-order chi connectivity index (χ0) is 21.9. The summed E-state index contributed by atoms with van der Waals surface area (Å²) in [5, 5.41) is 12.0. The minimum Gasteiger partial charge on any atom is -0.444 e. The lowest BCUT2D eigenvalue weighted by Gasteiger charge is -2.37. The normalized spacial score (nSPS) is 16.9. The van der Waals surface area contributed by atoms with E-state index in [-0.39, 0.29) is 11.9 Å². The Morgan fingerprint density at radius 3 is 2.53 bits per heavy atom. The van der Waals surface area contributed by atoms with Crippen LogP contribution in [0.2, 0.25) is 0 Å². The first-order valence-corrected chi connectivity index (χ1v) is 10.1. The molecule has 0 saturated heterocycles. The van der Waals surface area contributed by atoms with E-state index in [1.807, 2.05) is 47.9 Å². The summed E-state index contributed by atoms with van der Waals surface area (Å²) in [4.78, 5) is 27.7. The van der Waals surface area contributed by atoms with Gasteiger partial charge in [-0.15, -0.1) is 0 Å². The molecule has 2 unspecified atom stereocenters. The molecule has 1 aliphatic rings. The standard InChI is InChI=1S/C23H28N4O3/c1-16-20-11-10-18(15-24)27(20)13-12-26(16)21(28)19(14-17-8-6-5-7-9-17)25-22(29)30-23(2,3)4/h5-11,16,19H,12-14H2,1-4H3,(H,25,29). The summed E-state index contributed by atoms with van der Waals surface area (Å²) in [6, 6.07) is 14.5. The second kappa shape index (κ2) is 8.62. The Morgan fingerprint density at radius 1 is 1.20 bits per heavy atom. The quantitative estimate of drug-likeness (QED) is 0.840. The van der Waals surface area contributed by atoms with Crippen LogP contribution in [0.4, 0.5) is 4.79 Å². The fourth-order valence-corrected chi connectivity index (χ4v) is 3.76. The molecule has 0 saturated carbocycles. The Morgan fingerprint density at radius 2 is 1.90 bits per heavy atom. The molecule has 3 rings (SSSR count). The van der Waals surface area contributed by atoms with Crippen molar-refractivity contribution in [3.8, 4) is 6.07 Å². The van der Waals surface area contributed by atoms with Gasteiger partial charge in [-0.05, 0) is 45.4 Å². The molecule has 0 bridgehead atoms. The van der Waals surface area contributed by atoms with E-state index in [2.05, 4.69) is 11.4 Å². The second-order valence-electron chi connectivity index (χ2n) is 8.50. The van der Waals surface area contributed by atoms with Crippen LogP contribution in [0, 0.1) is 11.3 Å². The average molecular weight is 409 g/mol. The number of benzene rings is 1. The van der Waals surface area contributed by atoms with Crippen molar-refractivity contribution in [1.82, 2.24) is 14.8 Å². The van der Waals surface area contributed by atoms with Crippen LogP contribution in [0.3, 0.4) is 0 Å². The number of nitriles is 1. The van der Waals surface area contributed by atoms with Crippen molar-refractivity contribution < 1.29 is 14.3 Å². The molecule has 2 aromatic rings. The molecule has 0 spiro atoms. The molecule has 1 aromatic heterocycles. The number of carbonyl (C=O) groups excluding carboxylic acids is 2. The number of nitrogens with one attached hydrogen (secondary N) is 1. The van der Waals surface area contributed by atoms with Gasteiger partial charge in [0, 0.05) is 25.2 Å². The Hall–Kier alpha value is -3.27. The highest BCUT2D eigenvalue weighted by atomic mass is 16.6. The largest absolute Gasteiger partial charge is 0.444 e. The number of nitrogens with zero attached hydrogens (tertiary/aromatic N) is 3. The molecule has 0 radical (unpaired) electrons. The van der Waals surface area contributed by atoms with Crippen LogP contribution >= 0.6 is 0 Å². The highest BCUT2D eigenvalue weighted by Crippen LogP contribution is 2.28. The molecule has 1 aromatic carbocycles.